The van der Waals surface area contributed by atoms with Crippen molar-refractivity contribution >= 4 is 0 Å². The topological polar surface area (TPSA) is 0 Å². The van der Waals surface area contributed by atoms with Crippen molar-refractivity contribution in [2.24, 2.45) is 5.41 Å². The fourth-order valence-corrected chi connectivity index (χ4v) is 2.95. The van der Waals surface area contributed by atoms with Crippen LogP contribution in [0.3, 0.4) is 0 Å². The molecule has 0 heterocycles. The van der Waals surface area contributed by atoms with Gasteiger partial charge < -0.3 is 0 Å². The van der Waals surface area contributed by atoms with E-state index in [0.29, 0.717) is 5.41 Å². The van der Waals surface area contributed by atoms with Crippen LogP contribution in [0.1, 0.15) is 88.8 Å². The van der Waals surface area contributed by atoms with E-state index in [1.807, 2.05) is 0 Å². The first kappa shape index (κ1) is 18.3. The van der Waals surface area contributed by atoms with Crippen LogP contribution in [0.5, 0.6) is 0 Å². The minimum Gasteiger partial charge on any atom is -0.0654 e. The summed E-state index contributed by atoms with van der Waals surface area (Å²) in [5.41, 5.74) is 4.84. The zero-order valence-corrected chi connectivity index (χ0v) is 15.1. The predicted octanol–water partition coefficient (Wildman–Crippen LogP) is 7.01. The molecule has 0 saturated carbocycles. The number of hydrogen-bond acceptors (Lipinski definition) is 0. The van der Waals surface area contributed by atoms with Gasteiger partial charge in [0.15, 0.2) is 0 Å². The summed E-state index contributed by atoms with van der Waals surface area (Å²) in [5.74, 6) is 0. The Hall–Kier alpha value is -0.780. The van der Waals surface area contributed by atoms with Gasteiger partial charge in [-0.05, 0) is 55.2 Å². The molecular formula is C21H36. The molecule has 1 aromatic carbocycles. The quantitative estimate of drug-likeness (QED) is 0.406. The Morgan fingerprint density at radius 3 is 2.14 bits per heavy atom. The van der Waals surface area contributed by atoms with Crippen LogP contribution in [0.15, 0.2) is 18.2 Å². The third kappa shape index (κ3) is 7.69. The highest BCUT2D eigenvalue weighted by Gasteiger charge is 2.17. The first-order valence-electron chi connectivity index (χ1n) is 9.01. The van der Waals surface area contributed by atoms with E-state index in [0.717, 1.165) is 0 Å². The summed E-state index contributed by atoms with van der Waals surface area (Å²) in [4.78, 5) is 0. The Balaban J connectivity index is 2.26. The lowest BCUT2D eigenvalue weighted by molar-refractivity contribution is 0.294. The molecular weight excluding hydrogens is 252 g/mol. The maximum Gasteiger partial charge on any atom is -0.0274 e. The number of hydrogen-bond donors (Lipinski definition) is 0. The molecule has 0 saturated heterocycles. The highest BCUT2D eigenvalue weighted by atomic mass is 14.2. The maximum atomic E-state index is 2.44. The largest absolute Gasteiger partial charge is 0.0654 e. The Labute approximate surface area is 133 Å². The van der Waals surface area contributed by atoms with Gasteiger partial charge in [0.05, 0.1) is 0 Å². The van der Waals surface area contributed by atoms with Crippen molar-refractivity contribution < 1.29 is 0 Å². The van der Waals surface area contributed by atoms with Crippen molar-refractivity contribution in [2.75, 3.05) is 0 Å². The van der Waals surface area contributed by atoms with Gasteiger partial charge >= 0.3 is 0 Å². The average Bonchev–Trinajstić information content (AvgIpc) is 2.44. The highest BCUT2D eigenvalue weighted by molar-refractivity contribution is 5.29. The number of benzene rings is 1. The third-order valence-corrected chi connectivity index (χ3v) is 4.87. The van der Waals surface area contributed by atoms with Crippen molar-refractivity contribution in [1.29, 1.82) is 0 Å². The van der Waals surface area contributed by atoms with Crippen LogP contribution >= 0.6 is 0 Å². The van der Waals surface area contributed by atoms with E-state index in [2.05, 4.69) is 52.8 Å². The fourth-order valence-electron chi connectivity index (χ4n) is 2.95. The minimum atomic E-state index is 0.490. The van der Waals surface area contributed by atoms with Crippen LogP contribution in [-0.2, 0) is 6.42 Å². The molecule has 0 radical (unpaired) electrons. The van der Waals surface area contributed by atoms with Crippen molar-refractivity contribution in [2.45, 2.75) is 92.4 Å². The molecule has 0 unspecified atom stereocenters. The van der Waals surface area contributed by atoms with Crippen LogP contribution < -0.4 is 0 Å². The summed E-state index contributed by atoms with van der Waals surface area (Å²) >= 11 is 0. The molecule has 0 nitrogen and oxygen atoms in total. The lowest BCUT2D eigenvalue weighted by Gasteiger charge is -2.25. The molecule has 0 aliphatic carbocycles. The molecule has 0 aliphatic heterocycles. The van der Waals surface area contributed by atoms with Gasteiger partial charge in [-0.25, -0.2) is 0 Å². The SMILES string of the molecule is CCCCCCCCC(C)(C)CCc1ccc(C)c(C)c1. The van der Waals surface area contributed by atoms with E-state index >= 15 is 0 Å². The van der Waals surface area contributed by atoms with Gasteiger partial charge in [-0.15, -0.1) is 0 Å². The summed E-state index contributed by atoms with van der Waals surface area (Å²) in [7, 11) is 0. The van der Waals surface area contributed by atoms with Crippen molar-refractivity contribution in [3.63, 3.8) is 0 Å². The van der Waals surface area contributed by atoms with Gasteiger partial charge in [0, 0.05) is 0 Å². The molecule has 0 bridgehead atoms. The third-order valence-electron chi connectivity index (χ3n) is 4.87. The highest BCUT2D eigenvalue weighted by Crippen LogP contribution is 2.30. The molecule has 1 rings (SSSR count). The van der Waals surface area contributed by atoms with Gasteiger partial charge in [0.1, 0.15) is 0 Å². The van der Waals surface area contributed by atoms with Gasteiger partial charge in [-0.1, -0.05) is 77.5 Å². The Morgan fingerprint density at radius 1 is 0.810 bits per heavy atom. The van der Waals surface area contributed by atoms with Crippen LogP contribution in [-0.4, -0.2) is 0 Å². The summed E-state index contributed by atoms with van der Waals surface area (Å²) in [6.45, 7) is 11.6. The Morgan fingerprint density at radius 2 is 1.48 bits per heavy atom. The smallest absolute Gasteiger partial charge is 0.0274 e. The molecule has 0 aromatic heterocycles. The van der Waals surface area contributed by atoms with E-state index in [4.69, 9.17) is 0 Å². The summed E-state index contributed by atoms with van der Waals surface area (Å²) < 4.78 is 0. The van der Waals surface area contributed by atoms with Crippen molar-refractivity contribution in [3.8, 4) is 0 Å². The second-order valence-corrected chi connectivity index (χ2v) is 7.60. The second-order valence-electron chi connectivity index (χ2n) is 7.60. The molecule has 1 aromatic rings. The summed E-state index contributed by atoms with van der Waals surface area (Å²) in [6.07, 6.45) is 12.4. The van der Waals surface area contributed by atoms with Crippen LogP contribution in [0.2, 0.25) is 0 Å². The monoisotopic (exact) mass is 288 g/mol. The first-order chi connectivity index (χ1) is 9.94. The molecule has 0 spiro atoms. The second kappa shape index (κ2) is 9.28. The van der Waals surface area contributed by atoms with E-state index in [1.165, 1.54) is 74.5 Å². The fraction of sp³-hybridized carbons (Fsp3) is 0.714. The Kier molecular flexibility index (Phi) is 8.07. The van der Waals surface area contributed by atoms with Crippen LogP contribution in [0, 0.1) is 19.3 Å². The molecule has 0 amide bonds. The minimum absolute atomic E-state index is 0.490. The lowest BCUT2D eigenvalue weighted by atomic mass is 9.81. The van der Waals surface area contributed by atoms with E-state index in [-0.39, 0.29) is 0 Å². The van der Waals surface area contributed by atoms with Crippen LogP contribution in [0.25, 0.3) is 0 Å². The average molecular weight is 289 g/mol. The Bertz CT molecular complexity index is 400. The van der Waals surface area contributed by atoms with Crippen LogP contribution in [0.4, 0.5) is 0 Å². The molecule has 21 heavy (non-hydrogen) atoms. The molecule has 0 fully saturated rings. The van der Waals surface area contributed by atoms with Gasteiger partial charge in [0.2, 0.25) is 0 Å². The molecule has 0 aliphatic rings. The van der Waals surface area contributed by atoms with E-state index < -0.39 is 0 Å². The number of rotatable bonds is 10. The van der Waals surface area contributed by atoms with Gasteiger partial charge in [-0.3, -0.25) is 0 Å². The number of unbranched alkanes of at least 4 members (excludes halogenated alkanes) is 5. The molecule has 0 N–H and O–H groups in total. The summed E-state index contributed by atoms with van der Waals surface area (Å²) in [5, 5.41) is 0. The van der Waals surface area contributed by atoms with Crippen molar-refractivity contribution in [3.05, 3.63) is 34.9 Å². The van der Waals surface area contributed by atoms with Gasteiger partial charge in [-0.2, -0.15) is 0 Å². The number of aryl methyl sites for hydroxylation is 3. The predicted molar refractivity (Wildman–Crippen MR) is 96.0 cm³/mol. The molecule has 0 heteroatoms. The standard InChI is InChI=1S/C21H36/c1-6-7-8-9-10-11-15-21(4,5)16-14-20-13-12-18(2)19(3)17-20/h12-13,17H,6-11,14-16H2,1-5H3. The zero-order chi connectivity index (χ0) is 15.7. The maximum absolute atomic E-state index is 2.44. The van der Waals surface area contributed by atoms with E-state index in [1.54, 1.807) is 0 Å². The molecule has 0 atom stereocenters. The van der Waals surface area contributed by atoms with Crippen molar-refractivity contribution in [1.82, 2.24) is 0 Å². The first-order valence-corrected chi connectivity index (χ1v) is 9.01. The normalized spacial score (nSPS) is 11.9. The molecule has 120 valence electrons. The van der Waals surface area contributed by atoms with Gasteiger partial charge in [0.25, 0.3) is 0 Å². The van der Waals surface area contributed by atoms with E-state index in [9.17, 15) is 0 Å². The zero-order valence-electron chi connectivity index (χ0n) is 15.1. The lowest BCUT2D eigenvalue weighted by Crippen LogP contribution is -2.12. The summed E-state index contributed by atoms with van der Waals surface area (Å²) in [6, 6.07) is 6.95.